The molecule has 2 N–H and O–H groups in total. The van der Waals surface area contributed by atoms with Crippen molar-refractivity contribution in [3.63, 3.8) is 0 Å². The van der Waals surface area contributed by atoms with Gasteiger partial charge in [0.1, 0.15) is 5.75 Å². The summed E-state index contributed by atoms with van der Waals surface area (Å²) >= 11 is 0. The monoisotopic (exact) mass is 284 g/mol. The van der Waals surface area contributed by atoms with E-state index in [1.165, 1.54) is 0 Å². The first-order chi connectivity index (χ1) is 10.1. The topological polar surface area (TPSA) is 66.2 Å². The van der Waals surface area contributed by atoms with E-state index in [9.17, 15) is 5.11 Å². The van der Waals surface area contributed by atoms with E-state index in [0.29, 0.717) is 5.82 Å². The fourth-order valence-electron chi connectivity index (χ4n) is 1.95. The van der Waals surface area contributed by atoms with Crippen LogP contribution in [0.4, 0.5) is 0 Å². The van der Waals surface area contributed by atoms with Crippen LogP contribution in [0.2, 0.25) is 0 Å². The first kappa shape index (κ1) is 15.2. The van der Waals surface area contributed by atoms with Gasteiger partial charge in [0.05, 0.1) is 6.10 Å². The van der Waals surface area contributed by atoms with Crippen molar-refractivity contribution in [2.45, 2.75) is 32.3 Å². The van der Waals surface area contributed by atoms with Crippen molar-refractivity contribution in [1.82, 2.24) is 9.97 Å². The summed E-state index contributed by atoms with van der Waals surface area (Å²) in [5.41, 5.74) is 1.89. The van der Waals surface area contributed by atoms with E-state index < -0.39 is 0 Å². The van der Waals surface area contributed by atoms with E-state index in [1.807, 2.05) is 24.3 Å². The maximum absolute atomic E-state index is 9.27. The zero-order valence-corrected chi connectivity index (χ0v) is 12.1. The van der Waals surface area contributed by atoms with Crippen LogP contribution in [0.1, 0.15) is 32.0 Å². The molecule has 4 heteroatoms. The quantitative estimate of drug-likeness (QED) is 0.798. The van der Waals surface area contributed by atoms with Gasteiger partial charge in [-0.3, -0.25) is 0 Å². The van der Waals surface area contributed by atoms with Gasteiger partial charge in [-0.2, -0.15) is 0 Å². The number of hydrogen-bond acceptors (Lipinski definition) is 4. The molecule has 4 nitrogen and oxygen atoms in total. The molecule has 1 atom stereocenters. The molecule has 21 heavy (non-hydrogen) atoms. The molecule has 1 aromatic carbocycles. The van der Waals surface area contributed by atoms with Gasteiger partial charge in [-0.15, -0.1) is 0 Å². The number of aliphatic hydroxyl groups is 1. The van der Waals surface area contributed by atoms with E-state index in [-0.39, 0.29) is 11.9 Å². The van der Waals surface area contributed by atoms with Crippen LogP contribution in [0, 0.1) is 0 Å². The second kappa shape index (κ2) is 7.55. The fraction of sp³-hybridized carbons (Fsp3) is 0.294. The van der Waals surface area contributed by atoms with Gasteiger partial charge in [-0.05, 0) is 50.0 Å². The Morgan fingerprint density at radius 1 is 1.10 bits per heavy atom. The van der Waals surface area contributed by atoms with Crippen molar-refractivity contribution in [3.05, 3.63) is 48.6 Å². The summed E-state index contributed by atoms with van der Waals surface area (Å²) in [4.78, 5) is 8.60. The minimum atomic E-state index is -0.237. The van der Waals surface area contributed by atoms with Gasteiger partial charge in [-0.25, -0.2) is 9.97 Å². The van der Waals surface area contributed by atoms with E-state index in [2.05, 4.69) is 9.97 Å². The van der Waals surface area contributed by atoms with Gasteiger partial charge in [0, 0.05) is 18.0 Å². The molecule has 0 saturated heterocycles. The molecule has 0 aliphatic rings. The molecule has 1 unspecified atom stereocenters. The number of aliphatic hydroxyl groups excluding tert-OH is 1. The zero-order chi connectivity index (χ0) is 15.1. The number of rotatable bonds is 6. The second-order valence-corrected chi connectivity index (χ2v) is 5.06. The van der Waals surface area contributed by atoms with Gasteiger partial charge < -0.3 is 10.2 Å². The Balaban J connectivity index is 1.92. The molecule has 1 aromatic heterocycles. The standard InChI is InChI=1S/C17H20N2O2/c1-13(20)5-3-2-4-6-17-18-11-15(12-19-17)14-7-9-16(21)10-8-14/h4,6-13,20-21H,2-3,5H2,1H3/b6-4+. The Hall–Kier alpha value is -2.20. The second-order valence-electron chi connectivity index (χ2n) is 5.06. The molecule has 0 aliphatic heterocycles. The summed E-state index contributed by atoms with van der Waals surface area (Å²) in [6.45, 7) is 1.80. The highest BCUT2D eigenvalue weighted by Crippen LogP contribution is 2.20. The largest absolute Gasteiger partial charge is 0.508 e. The Bertz CT molecular complexity index is 575. The molecule has 0 saturated carbocycles. The van der Waals surface area contributed by atoms with Crippen LogP contribution in [-0.2, 0) is 0 Å². The van der Waals surface area contributed by atoms with Gasteiger partial charge in [0.15, 0.2) is 5.82 Å². The third-order valence-corrected chi connectivity index (χ3v) is 3.13. The maximum atomic E-state index is 9.27. The lowest BCUT2D eigenvalue weighted by molar-refractivity contribution is 0.182. The molecule has 2 rings (SSSR count). The van der Waals surface area contributed by atoms with Crippen LogP contribution < -0.4 is 0 Å². The summed E-state index contributed by atoms with van der Waals surface area (Å²) in [5.74, 6) is 0.922. The van der Waals surface area contributed by atoms with Crippen LogP contribution >= 0.6 is 0 Å². The molecule has 0 spiro atoms. The lowest BCUT2D eigenvalue weighted by Crippen LogP contribution is -1.97. The van der Waals surface area contributed by atoms with Crippen molar-refractivity contribution in [2.75, 3.05) is 0 Å². The minimum absolute atomic E-state index is 0.237. The minimum Gasteiger partial charge on any atom is -0.508 e. The number of phenols is 1. The number of unbranched alkanes of at least 4 members (excludes halogenated alkanes) is 1. The summed E-state index contributed by atoms with van der Waals surface area (Å²) in [5, 5.41) is 18.4. The molecule has 0 aliphatic carbocycles. The van der Waals surface area contributed by atoms with Crippen LogP contribution in [0.3, 0.4) is 0 Å². The molecule has 0 amide bonds. The van der Waals surface area contributed by atoms with Crippen LogP contribution in [0.25, 0.3) is 17.2 Å². The number of benzene rings is 1. The lowest BCUT2D eigenvalue weighted by atomic mass is 10.1. The van der Waals surface area contributed by atoms with Gasteiger partial charge in [-0.1, -0.05) is 18.2 Å². The number of aromatic hydroxyl groups is 1. The maximum Gasteiger partial charge on any atom is 0.151 e. The molecular weight excluding hydrogens is 264 g/mol. The predicted octanol–water partition coefficient (Wildman–Crippen LogP) is 3.41. The predicted molar refractivity (Wildman–Crippen MR) is 83.7 cm³/mol. The number of nitrogens with zero attached hydrogens (tertiary/aromatic N) is 2. The number of hydrogen-bond donors (Lipinski definition) is 2. The van der Waals surface area contributed by atoms with Gasteiger partial charge in [0.2, 0.25) is 0 Å². The van der Waals surface area contributed by atoms with E-state index in [1.54, 1.807) is 31.5 Å². The lowest BCUT2D eigenvalue weighted by Gasteiger charge is -2.02. The average molecular weight is 284 g/mol. The van der Waals surface area contributed by atoms with Crippen LogP contribution in [0.15, 0.2) is 42.7 Å². The molecule has 2 aromatic rings. The van der Waals surface area contributed by atoms with Crippen molar-refractivity contribution < 1.29 is 10.2 Å². The Labute approximate surface area is 124 Å². The van der Waals surface area contributed by atoms with Gasteiger partial charge >= 0.3 is 0 Å². The SMILES string of the molecule is CC(O)CCC/C=C/c1ncc(-c2ccc(O)cc2)cn1. The van der Waals surface area contributed by atoms with E-state index in [4.69, 9.17) is 5.11 Å². The number of aromatic nitrogens is 2. The Morgan fingerprint density at radius 2 is 1.76 bits per heavy atom. The summed E-state index contributed by atoms with van der Waals surface area (Å²) in [6, 6.07) is 6.95. The third kappa shape index (κ3) is 5.00. The van der Waals surface area contributed by atoms with Crippen molar-refractivity contribution in [3.8, 4) is 16.9 Å². The Kier molecular flexibility index (Phi) is 5.46. The highest BCUT2D eigenvalue weighted by Gasteiger charge is 1.99. The van der Waals surface area contributed by atoms with E-state index >= 15 is 0 Å². The van der Waals surface area contributed by atoms with Crippen LogP contribution in [-0.4, -0.2) is 26.3 Å². The molecule has 110 valence electrons. The summed E-state index contributed by atoms with van der Waals surface area (Å²) in [6.07, 6.45) is 9.91. The summed E-state index contributed by atoms with van der Waals surface area (Å²) in [7, 11) is 0. The fourth-order valence-corrected chi connectivity index (χ4v) is 1.95. The normalized spacial score (nSPS) is 12.7. The summed E-state index contributed by atoms with van der Waals surface area (Å²) < 4.78 is 0. The smallest absolute Gasteiger partial charge is 0.151 e. The first-order valence-corrected chi connectivity index (χ1v) is 7.11. The molecular formula is C17H20N2O2. The molecule has 0 radical (unpaired) electrons. The molecule has 1 heterocycles. The van der Waals surface area contributed by atoms with Crippen molar-refractivity contribution in [1.29, 1.82) is 0 Å². The highest BCUT2D eigenvalue weighted by atomic mass is 16.3. The third-order valence-electron chi connectivity index (χ3n) is 3.13. The zero-order valence-electron chi connectivity index (χ0n) is 12.1. The van der Waals surface area contributed by atoms with Crippen molar-refractivity contribution >= 4 is 6.08 Å². The highest BCUT2D eigenvalue weighted by molar-refractivity contribution is 5.62. The first-order valence-electron chi connectivity index (χ1n) is 7.11. The average Bonchev–Trinajstić information content (AvgIpc) is 2.48. The van der Waals surface area contributed by atoms with Crippen molar-refractivity contribution in [2.24, 2.45) is 0 Å². The van der Waals surface area contributed by atoms with Gasteiger partial charge in [0.25, 0.3) is 0 Å². The Morgan fingerprint density at radius 3 is 2.38 bits per heavy atom. The van der Waals surface area contributed by atoms with Crippen LogP contribution in [0.5, 0.6) is 5.75 Å². The molecule has 0 fully saturated rings. The molecule has 0 bridgehead atoms. The number of allylic oxidation sites excluding steroid dienone is 1. The van der Waals surface area contributed by atoms with E-state index in [0.717, 1.165) is 30.4 Å². The number of phenolic OH excluding ortho intramolecular Hbond substituents is 1.